The fourth-order valence-corrected chi connectivity index (χ4v) is 3.47. The third-order valence-corrected chi connectivity index (χ3v) is 5.11. The van der Waals surface area contributed by atoms with Crippen LogP contribution in [0.4, 0.5) is 5.69 Å². The van der Waals surface area contributed by atoms with Crippen molar-refractivity contribution < 1.29 is 9.59 Å². The highest BCUT2D eigenvalue weighted by Gasteiger charge is 2.13. The van der Waals surface area contributed by atoms with E-state index in [4.69, 9.17) is 0 Å². The summed E-state index contributed by atoms with van der Waals surface area (Å²) in [6, 6.07) is 18.4. The average Bonchev–Trinajstić information content (AvgIpc) is 2.75. The van der Waals surface area contributed by atoms with Crippen LogP contribution < -0.4 is 15.5 Å². The van der Waals surface area contributed by atoms with Crippen LogP contribution in [0.2, 0.25) is 0 Å². The molecule has 148 valence electrons. The van der Waals surface area contributed by atoms with Gasteiger partial charge in [-0.3, -0.25) is 9.59 Å². The second-order valence-electron chi connectivity index (χ2n) is 7.21. The van der Waals surface area contributed by atoms with Gasteiger partial charge in [0, 0.05) is 31.9 Å². The molecular formula is C23H29N3O2. The number of rotatable bonds is 7. The van der Waals surface area contributed by atoms with Gasteiger partial charge in [0.05, 0.1) is 0 Å². The van der Waals surface area contributed by atoms with E-state index in [-0.39, 0.29) is 0 Å². The minimum absolute atomic E-state index is 0.452. The molecule has 28 heavy (non-hydrogen) atoms. The zero-order valence-corrected chi connectivity index (χ0v) is 16.3. The standard InChI is InChI=1S/C23H29N3O2/c27-22(24-15-13-19-7-3-1-4-8-19)23(28)25-16-14-20-9-11-21(12-10-20)26-17-5-2-6-18-26/h1,3-4,7-12H,2,5-6,13-18H2,(H,24,27)(H,25,28). The minimum Gasteiger partial charge on any atom is -0.372 e. The van der Waals surface area contributed by atoms with Crippen molar-refractivity contribution in [2.75, 3.05) is 31.1 Å². The molecule has 1 aliphatic heterocycles. The van der Waals surface area contributed by atoms with Gasteiger partial charge in [-0.25, -0.2) is 0 Å². The van der Waals surface area contributed by atoms with Crippen LogP contribution in [0.5, 0.6) is 0 Å². The summed E-state index contributed by atoms with van der Waals surface area (Å²) in [4.78, 5) is 26.2. The summed E-state index contributed by atoms with van der Waals surface area (Å²) in [5, 5.41) is 5.36. The van der Waals surface area contributed by atoms with Gasteiger partial charge < -0.3 is 15.5 Å². The highest BCUT2D eigenvalue weighted by molar-refractivity contribution is 6.35. The minimum atomic E-state index is -0.573. The molecule has 0 aliphatic carbocycles. The van der Waals surface area contributed by atoms with Crippen molar-refractivity contribution in [1.82, 2.24) is 10.6 Å². The van der Waals surface area contributed by atoms with E-state index in [0.29, 0.717) is 25.9 Å². The van der Waals surface area contributed by atoms with E-state index in [0.717, 1.165) is 24.2 Å². The lowest BCUT2D eigenvalue weighted by Crippen LogP contribution is -2.41. The quantitative estimate of drug-likeness (QED) is 0.727. The van der Waals surface area contributed by atoms with Gasteiger partial charge in [0.2, 0.25) is 0 Å². The Morgan fingerprint density at radius 2 is 1.25 bits per heavy atom. The molecule has 1 aliphatic rings. The molecule has 0 unspecified atom stereocenters. The molecule has 3 rings (SSSR count). The van der Waals surface area contributed by atoms with Gasteiger partial charge in [-0.2, -0.15) is 0 Å². The monoisotopic (exact) mass is 379 g/mol. The lowest BCUT2D eigenvalue weighted by atomic mass is 10.1. The normalized spacial score (nSPS) is 13.8. The first-order valence-electron chi connectivity index (χ1n) is 10.2. The van der Waals surface area contributed by atoms with Gasteiger partial charge in [-0.15, -0.1) is 0 Å². The molecule has 5 nitrogen and oxygen atoms in total. The first-order chi connectivity index (χ1) is 13.7. The zero-order chi connectivity index (χ0) is 19.6. The first kappa shape index (κ1) is 19.9. The van der Waals surface area contributed by atoms with Crippen molar-refractivity contribution in [3.63, 3.8) is 0 Å². The van der Waals surface area contributed by atoms with Crippen LogP contribution in [-0.4, -0.2) is 38.0 Å². The molecule has 1 heterocycles. The Bertz CT molecular complexity index is 753. The van der Waals surface area contributed by atoms with Gasteiger partial charge in [0.25, 0.3) is 0 Å². The lowest BCUT2D eigenvalue weighted by Gasteiger charge is -2.28. The Kier molecular flexibility index (Phi) is 7.47. The summed E-state index contributed by atoms with van der Waals surface area (Å²) in [6.45, 7) is 3.17. The number of benzene rings is 2. The van der Waals surface area contributed by atoms with Crippen LogP contribution >= 0.6 is 0 Å². The van der Waals surface area contributed by atoms with E-state index >= 15 is 0 Å². The van der Waals surface area contributed by atoms with Crippen molar-refractivity contribution in [1.29, 1.82) is 0 Å². The number of hydrogen-bond acceptors (Lipinski definition) is 3. The Morgan fingerprint density at radius 1 is 0.714 bits per heavy atom. The van der Waals surface area contributed by atoms with Crippen molar-refractivity contribution in [2.24, 2.45) is 0 Å². The molecule has 2 N–H and O–H groups in total. The number of carbonyl (C=O) groups excluding carboxylic acids is 2. The molecule has 2 aromatic rings. The molecule has 0 bridgehead atoms. The first-order valence-corrected chi connectivity index (χ1v) is 10.2. The van der Waals surface area contributed by atoms with E-state index in [1.54, 1.807) is 0 Å². The average molecular weight is 380 g/mol. The topological polar surface area (TPSA) is 61.4 Å². The Balaban J connectivity index is 1.34. The fourth-order valence-electron chi connectivity index (χ4n) is 3.47. The summed E-state index contributed by atoms with van der Waals surface area (Å²) in [5.41, 5.74) is 3.56. The molecule has 1 fully saturated rings. The van der Waals surface area contributed by atoms with E-state index in [2.05, 4.69) is 39.8 Å². The van der Waals surface area contributed by atoms with Gasteiger partial charge in [0.15, 0.2) is 0 Å². The lowest BCUT2D eigenvalue weighted by molar-refractivity contribution is -0.139. The highest BCUT2D eigenvalue weighted by atomic mass is 16.2. The predicted molar refractivity (Wildman–Crippen MR) is 112 cm³/mol. The second-order valence-corrected chi connectivity index (χ2v) is 7.21. The van der Waals surface area contributed by atoms with Crippen LogP contribution in [0.25, 0.3) is 0 Å². The maximum Gasteiger partial charge on any atom is 0.309 e. The maximum absolute atomic E-state index is 11.9. The molecule has 0 aromatic heterocycles. The third-order valence-electron chi connectivity index (χ3n) is 5.11. The number of hydrogen-bond donors (Lipinski definition) is 2. The van der Waals surface area contributed by atoms with Crippen molar-refractivity contribution in [3.05, 3.63) is 65.7 Å². The van der Waals surface area contributed by atoms with Crippen molar-refractivity contribution >= 4 is 17.5 Å². The summed E-state index contributed by atoms with van der Waals surface area (Å²) >= 11 is 0. The SMILES string of the molecule is O=C(NCCc1ccccc1)C(=O)NCCc1ccc(N2CCCCC2)cc1. The zero-order valence-electron chi connectivity index (χ0n) is 16.3. The molecule has 0 radical (unpaired) electrons. The van der Waals surface area contributed by atoms with Crippen LogP contribution in [0.1, 0.15) is 30.4 Å². The van der Waals surface area contributed by atoms with Gasteiger partial charge >= 0.3 is 11.8 Å². The number of carbonyl (C=O) groups is 2. The predicted octanol–water partition coefficient (Wildman–Crippen LogP) is 2.69. The van der Waals surface area contributed by atoms with E-state index in [1.165, 1.54) is 24.9 Å². The third kappa shape index (κ3) is 6.12. The molecule has 5 heteroatoms. The van der Waals surface area contributed by atoms with Crippen molar-refractivity contribution in [2.45, 2.75) is 32.1 Å². The summed E-state index contributed by atoms with van der Waals surface area (Å²) in [5.74, 6) is -1.14. The fraction of sp³-hybridized carbons (Fsp3) is 0.391. The molecule has 0 spiro atoms. The number of piperidine rings is 1. The second kappa shape index (κ2) is 10.5. The molecule has 2 aromatic carbocycles. The molecule has 1 saturated heterocycles. The molecule has 2 amide bonds. The number of anilines is 1. The van der Waals surface area contributed by atoms with Crippen molar-refractivity contribution in [3.8, 4) is 0 Å². The smallest absolute Gasteiger partial charge is 0.309 e. The van der Waals surface area contributed by atoms with Crippen LogP contribution in [0, 0.1) is 0 Å². The molecular weight excluding hydrogens is 350 g/mol. The summed E-state index contributed by atoms with van der Waals surface area (Å²) < 4.78 is 0. The Morgan fingerprint density at radius 3 is 1.82 bits per heavy atom. The van der Waals surface area contributed by atoms with Crippen LogP contribution in [0.15, 0.2) is 54.6 Å². The van der Waals surface area contributed by atoms with Gasteiger partial charge in [0.1, 0.15) is 0 Å². The van der Waals surface area contributed by atoms with E-state index in [1.807, 2.05) is 30.3 Å². The Hall–Kier alpha value is -2.82. The number of nitrogens with zero attached hydrogens (tertiary/aromatic N) is 1. The van der Waals surface area contributed by atoms with Crippen LogP contribution in [0.3, 0.4) is 0 Å². The highest BCUT2D eigenvalue weighted by Crippen LogP contribution is 2.20. The number of amides is 2. The Labute approximate surface area is 167 Å². The van der Waals surface area contributed by atoms with E-state index < -0.39 is 11.8 Å². The van der Waals surface area contributed by atoms with Crippen LogP contribution in [-0.2, 0) is 22.4 Å². The summed E-state index contributed by atoms with van der Waals surface area (Å²) in [7, 11) is 0. The largest absolute Gasteiger partial charge is 0.372 e. The number of nitrogens with one attached hydrogen (secondary N) is 2. The van der Waals surface area contributed by atoms with E-state index in [9.17, 15) is 9.59 Å². The molecule has 0 saturated carbocycles. The van der Waals surface area contributed by atoms with Gasteiger partial charge in [-0.1, -0.05) is 42.5 Å². The summed E-state index contributed by atoms with van der Waals surface area (Å²) in [6.07, 6.45) is 5.28. The van der Waals surface area contributed by atoms with Gasteiger partial charge in [-0.05, 0) is 55.4 Å². The molecule has 0 atom stereocenters. The maximum atomic E-state index is 11.9.